The predicted octanol–water partition coefficient (Wildman–Crippen LogP) is 5.10. The molecule has 0 bridgehead atoms. The van der Waals surface area contributed by atoms with Gasteiger partial charge in [-0.15, -0.1) is 0 Å². The predicted molar refractivity (Wildman–Crippen MR) is 127 cm³/mol. The van der Waals surface area contributed by atoms with E-state index in [1.54, 1.807) is 18.5 Å². The lowest BCUT2D eigenvalue weighted by Gasteiger charge is -2.13. The van der Waals surface area contributed by atoms with Gasteiger partial charge in [0.05, 0.1) is 17.7 Å². The van der Waals surface area contributed by atoms with Gasteiger partial charge < -0.3 is 4.98 Å². The lowest BCUT2D eigenvalue weighted by molar-refractivity contribution is -0.129. The van der Waals surface area contributed by atoms with Crippen LogP contribution in [0.2, 0.25) is 0 Å². The van der Waals surface area contributed by atoms with Gasteiger partial charge in [0.2, 0.25) is 10.0 Å². The molecule has 1 aromatic carbocycles. The number of alkyl halides is 3. The minimum absolute atomic E-state index is 0.0405. The number of halogens is 5. The van der Waals surface area contributed by atoms with E-state index < -0.39 is 57.0 Å². The number of rotatable bonds is 8. The highest BCUT2D eigenvalue weighted by Gasteiger charge is 2.31. The summed E-state index contributed by atoms with van der Waals surface area (Å²) in [4.78, 5) is 29.0. The van der Waals surface area contributed by atoms with Gasteiger partial charge in [0.25, 0.3) is 0 Å². The number of hydrogen-bond acceptors (Lipinski definition) is 6. The molecule has 8 nitrogen and oxygen atoms in total. The van der Waals surface area contributed by atoms with Crippen LogP contribution in [0.5, 0.6) is 0 Å². The third-order valence-corrected chi connectivity index (χ3v) is 7.23. The molecule has 2 N–H and O–H groups in total. The summed E-state index contributed by atoms with van der Waals surface area (Å²) >= 11 is 0. The Morgan fingerprint density at radius 3 is 2.37 bits per heavy atom. The van der Waals surface area contributed by atoms with Crippen LogP contribution in [0.15, 0.2) is 43.0 Å². The number of ketones is 1. The van der Waals surface area contributed by atoms with E-state index in [2.05, 4.69) is 19.9 Å². The van der Waals surface area contributed by atoms with Crippen LogP contribution in [-0.4, -0.2) is 46.1 Å². The summed E-state index contributed by atoms with van der Waals surface area (Å²) in [6, 6.07) is 3.08. The normalized spacial score (nSPS) is 14.1. The minimum atomic E-state index is -4.79. The van der Waals surface area contributed by atoms with Gasteiger partial charge in [0, 0.05) is 52.8 Å². The molecule has 1 aliphatic carbocycles. The molecule has 5 rings (SSSR count). The quantitative estimate of drug-likeness (QED) is 0.232. The van der Waals surface area contributed by atoms with Crippen molar-refractivity contribution in [3.63, 3.8) is 0 Å². The van der Waals surface area contributed by atoms with E-state index in [1.807, 2.05) is 0 Å². The average Bonchev–Trinajstić information content (AvgIpc) is 3.64. The number of aromatic nitrogens is 4. The number of carbonyl (C=O) groups is 1. The maximum absolute atomic E-state index is 15.2. The fraction of sp³-hybridized carbons (Fsp3) is 0.250. The van der Waals surface area contributed by atoms with Crippen molar-refractivity contribution in [2.45, 2.75) is 31.4 Å². The van der Waals surface area contributed by atoms with Crippen molar-refractivity contribution in [1.29, 1.82) is 0 Å². The molecule has 1 fully saturated rings. The van der Waals surface area contributed by atoms with Gasteiger partial charge >= 0.3 is 6.18 Å². The number of pyridine rings is 1. The number of fused-ring (bicyclic) bond motifs is 1. The second kappa shape index (κ2) is 9.42. The van der Waals surface area contributed by atoms with Crippen molar-refractivity contribution in [2.24, 2.45) is 0 Å². The zero-order valence-corrected chi connectivity index (χ0v) is 20.1. The number of aromatic amines is 1. The first-order valence-electron chi connectivity index (χ1n) is 11.3. The van der Waals surface area contributed by atoms with Gasteiger partial charge in [0.1, 0.15) is 23.0 Å². The maximum Gasteiger partial charge on any atom is 0.390 e. The third kappa shape index (κ3) is 5.35. The Hall–Kier alpha value is -3.94. The highest BCUT2D eigenvalue weighted by molar-refractivity contribution is 7.92. The van der Waals surface area contributed by atoms with Crippen molar-refractivity contribution < 1.29 is 35.2 Å². The van der Waals surface area contributed by atoms with Crippen LogP contribution >= 0.6 is 0 Å². The zero-order valence-electron chi connectivity index (χ0n) is 19.3. The van der Waals surface area contributed by atoms with Gasteiger partial charge in [-0.1, -0.05) is 0 Å². The van der Waals surface area contributed by atoms with Crippen molar-refractivity contribution in [3.8, 4) is 11.1 Å². The van der Waals surface area contributed by atoms with Crippen LogP contribution < -0.4 is 4.72 Å². The molecule has 0 saturated heterocycles. The van der Waals surface area contributed by atoms with E-state index in [-0.39, 0.29) is 5.56 Å². The highest BCUT2D eigenvalue weighted by Crippen LogP contribution is 2.38. The van der Waals surface area contributed by atoms with Crippen molar-refractivity contribution in [2.75, 3.05) is 10.5 Å². The summed E-state index contributed by atoms with van der Waals surface area (Å²) in [5.41, 5.74) is -0.476. The smallest absolute Gasteiger partial charge is 0.345 e. The number of nitrogens with zero attached hydrogens (tertiary/aromatic N) is 3. The molecular formula is C24H18F5N5O3S. The molecule has 1 saturated carbocycles. The Bertz CT molecular complexity index is 1650. The molecule has 4 aromatic rings. The monoisotopic (exact) mass is 551 g/mol. The first kappa shape index (κ1) is 25.7. The van der Waals surface area contributed by atoms with E-state index in [4.69, 9.17) is 0 Å². The van der Waals surface area contributed by atoms with Crippen molar-refractivity contribution in [1.82, 2.24) is 19.9 Å². The summed E-state index contributed by atoms with van der Waals surface area (Å²) in [6.45, 7) is 0. The molecule has 38 heavy (non-hydrogen) atoms. The van der Waals surface area contributed by atoms with E-state index in [0.29, 0.717) is 34.1 Å². The third-order valence-electron chi connectivity index (χ3n) is 5.97. The summed E-state index contributed by atoms with van der Waals surface area (Å²) < 4.78 is 92.3. The van der Waals surface area contributed by atoms with Crippen LogP contribution in [0.4, 0.5) is 27.6 Å². The molecule has 0 spiro atoms. The van der Waals surface area contributed by atoms with Crippen molar-refractivity contribution in [3.05, 3.63) is 71.6 Å². The number of anilines is 1. The Labute approximate surface area is 212 Å². The Kier molecular flexibility index (Phi) is 6.37. The summed E-state index contributed by atoms with van der Waals surface area (Å²) in [5.74, 6) is -4.22. The molecule has 0 atom stereocenters. The largest absolute Gasteiger partial charge is 0.390 e. The number of sulfonamides is 1. The Balaban J connectivity index is 1.46. The molecule has 3 aromatic heterocycles. The van der Waals surface area contributed by atoms with Crippen LogP contribution in [0.3, 0.4) is 0 Å². The van der Waals surface area contributed by atoms with E-state index in [1.165, 1.54) is 17.1 Å². The second-order valence-corrected chi connectivity index (χ2v) is 10.7. The first-order valence-corrected chi connectivity index (χ1v) is 13.0. The lowest BCUT2D eigenvalue weighted by atomic mass is 10.0. The molecule has 0 amide bonds. The molecule has 0 aliphatic heterocycles. The van der Waals surface area contributed by atoms with E-state index in [0.717, 1.165) is 24.7 Å². The second-order valence-electron chi connectivity index (χ2n) is 8.83. The van der Waals surface area contributed by atoms with Crippen molar-refractivity contribution >= 4 is 32.5 Å². The minimum Gasteiger partial charge on any atom is -0.345 e. The highest BCUT2D eigenvalue weighted by atomic mass is 32.2. The fourth-order valence-corrected chi connectivity index (χ4v) is 4.91. The number of H-pyrrole nitrogens is 1. The molecular weight excluding hydrogens is 533 g/mol. The molecule has 0 radical (unpaired) electrons. The number of hydrogen-bond donors (Lipinski definition) is 2. The Morgan fingerprint density at radius 2 is 1.71 bits per heavy atom. The summed E-state index contributed by atoms with van der Waals surface area (Å²) in [5, 5.41) is 0.301. The molecule has 0 unspecified atom stereocenters. The van der Waals surface area contributed by atoms with Crippen LogP contribution in [-0.2, 0) is 10.0 Å². The fourth-order valence-electron chi connectivity index (χ4n) is 3.81. The summed E-state index contributed by atoms with van der Waals surface area (Å²) in [7, 11) is -4.77. The molecule has 1 aliphatic rings. The standard InChI is InChI=1S/C24H18F5N5O3S/c25-18-4-3-15(19(26)20(18)34-38(36,37)6-5-24(27,28)29)21(35)17-11-33-23-16(17)7-13(8-32-23)14-9-30-22(31-10-14)12-1-2-12/h3-4,7-12,34H,1-2,5-6H2,(H,32,33). The van der Waals surface area contributed by atoms with Gasteiger partial charge in [-0.05, 0) is 31.0 Å². The van der Waals surface area contributed by atoms with Gasteiger partial charge in [-0.25, -0.2) is 32.2 Å². The van der Waals surface area contributed by atoms with Gasteiger partial charge in [-0.2, -0.15) is 13.2 Å². The number of nitrogens with one attached hydrogen (secondary N) is 2. The molecule has 14 heteroatoms. The maximum atomic E-state index is 15.2. The first-order chi connectivity index (χ1) is 17.9. The van der Waals surface area contributed by atoms with E-state index >= 15 is 4.39 Å². The number of carbonyl (C=O) groups excluding carboxylic acids is 1. The van der Waals surface area contributed by atoms with E-state index in [9.17, 15) is 30.8 Å². The van der Waals surface area contributed by atoms with Crippen LogP contribution in [0.25, 0.3) is 22.2 Å². The number of benzene rings is 1. The SMILES string of the molecule is O=C(c1ccc(F)c(NS(=O)(=O)CCC(F)(F)F)c1F)c1c[nH]c2ncc(-c3cnc(C4CC4)nc3)cc12. The topological polar surface area (TPSA) is 118 Å². The molecule has 3 heterocycles. The Morgan fingerprint density at radius 1 is 1.03 bits per heavy atom. The summed E-state index contributed by atoms with van der Waals surface area (Å²) in [6.07, 6.45) is 1.64. The lowest BCUT2D eigenvalue weighted by Crippen LogP contribution is -2.23. The zero-order chi connectivity index (χ0) is 27.2. The van der Waals surface area contributed by atoms with Crippen LogP contribution in [0.1, 0.15) is 46.9 Å². The van der Waals surface area contributed by atoms with Gasteiger partial charge in [-0.3, -0.25) is 9.52 Å². The van der Waals surface area contributed by atoms with Crippen LogP contribution in [0, 0.1) is 11.6 Å². The average molecular weight is 551 g/mol. The van der Waals surface area contributed by atoms with Gasteiger partial charge in [0.15, 0.2) is 11.6 Å². The molecule has 198 valence electrons.